The van der Waals surface area contributed by atoms with Crippen LogP contribution in [0.2, 0.25) is 0 Å². The Bertz CT molecular complexity index is 696. The molecule has 0 bridgehead atoms. The largest absolute Gasteiger partial charge is 0.468 e. The van der Waals surface area contributed by atoms with Crippen LogP contribution in [0.4, 0.5) is 0 Å². The summed E-state index contributed by atoms with van der Waals surface area (Å²) in [6, 6.07) is 12.8. The Labute approximate surface area is 179 Å². The lowest BCUT2D eigenvalue weighted by atomic mass is 10.1. The van der Waals surface area contributed by atoms with Crippen LogP contribution < -0.4 is 10.6 Å². The number of hydrogen-bond donors (Lipinski definition) is 2. The van der Waals surface area contributed by atoms with E-state index in [1.54, 1.807) is 6.26 Å². The topological polar surface area (TPSA) is 52.8 Å². The first-order valence-corrected chi connectivity index (χ1v) is 9.60. The molecule has 0 amide bonds. The lowest BCUT2D eigenvalue weighted by Gasteiger charge is -2.26. The van der Waals surface area contributed by atoms with Gasteiger partial charge in [0.05, 0.1) is 12.3 Å². The number of guanidine groups is 1. The van der Waals surface area contributed by atoms with E-state index in [9.17, 15) is 0 Å². The number of furan rings is 1. The van der Waals surface area contributed by atoms with E-state index in [1.807, 2.05) is 13.1 Å². The fourth-order valence-corrected chi connectivity index (χ4v) is 3.61. The van der Waals surface area contributed by atoms with Crippen molar-refractivity contribution in [3.8, 4) is 0 Å². The summed E-state index contributed by atoms with van der Waals surface area (Å²) in [5.41, 5.74) is 2.70. The van der Waals surface area contributed by atoms with E-state index in [1.165, 1.54) is 24.0 Å². The maximum atomic E-state index is 5.69. The van der Waals surface area contributed by atoms with Gasteiger partial charge in [-0.25, -0.2) is 0 Å². The number of benzene rings is 1. The number of aryl methyl sites for hydroxylation is 1. The van der Waals surface area contributed by atoms with Gasteiger partial charge in [-0.1, -0.05) is 31.2 Å². The fraction of sp³-hybridized carbons (Fsp3) is 0.476. The van der Waals surface area contributed by atoms with Crippen molar-refractivity contribution in [2.45, 2.75) is 38.8 Å². The Kier molecular flexibility index (Phi) is 9.14. The van der Waals surface area contributed by atoms with Gasteiger partial charge < -0.3 is 15.1 Å². The Morgan fingerprint density at radius 2 is 1.85 bits per heavy atom. The van der Waals surface area contributed by atoms with Crippen molar-refractivity contribution in [1.82, 2.24) is 15.5 Å². The Hall–Kier alpha value is -1.54. The van der Waals surface area contributed by atoms with Crippen LogP contribution in [-0.2, 0) is 13.0 Å². The molecule has 2 heterocycles. The minimum absolute atomic E-state index is 0. The maximum Gasteiger partial charge on any atom is 0.191 e. The zero-order valence-electron chi connectivity index (χ0n) is 16.3. The van der Waals surface area contributed by atoms with Crippen LogP contribution in [0.1, 0.15) is 42.7 Å². The molecule has 6 heteroatoms. The van der Waals surface area contributed by atoms with Crippen molar-refractivity contribution < 1.29 is 4.42 Å². The first-order valence-electron chi connectivity index (χ1n) is 9.60. The summed E-state index contributed by atoms with van der Waals surface area (Å²) in [6.07, 6.45) is 5.32. The molecule has 1 atom stereocenters. The van der Waals surface area contributed by atoms with E-state index >= 15 is 0 Å². The van der Waals surface area contributed by atoms with Gasteiger partial charge in [0.15, 0.2) is 5.96 Å². The molecule has 0 saturated carbocycles. The molecule has 0 spiro atoms. The minimum atomic E-state index is 0. The number of likely N-dealkylation sites (tertiary alicyclic amines) is 1. The zero-order valence-corrected chi connectivity index (χ0v) is 18.6. The first kappa shape index (κ1) is 21.8. The SMILES string of the molecule is CCc1ccccc1CNC(=NC)NCC(c1ccco1)N1CCCC1.I. The maximum absolute atomic E-state index is 5.69. The van der Waals surface area contributed by atoms with Gasteiger partial charge in [0.25, 0.3) is 0 Å². The van der Waals surface area contributed by atoms with Gasteiger partial charge >= 0.3 is 0 Å². The van der Waals surface area contributed by atoms with Gasteiger partial charge in [0, 0.05) is 20.1 Å². The highest BCUT2D eigenvalue weighted by Gasteiger charge is 2.25. The predicted octanol–water partition coefficient (Wildman–Crippen LogP) is 3.96. The molecule has 1 aliphatic rings. The molecule has 5 nitrogen and oxygen atoms in total. The van der Waals surface area contributed by atoms with Crippen molar-refractivity contribution in [3.63, 3.8) is 0 Å². The third kappa shape index (κ3) is 5.97. The lowest BCUT2D eigenvalue weighted by molar-refractivity contribution is 0.215. The average Bonchev–Trinajstić information content (AvgIpc) is 3.39. The van der Waals surface area contributed by atoms with Gasteiger partial charge in [-0.3, -0.25) is 9.89 Å². The van der Waals surface area contributed by atoms with Crippen molar-refractivity contribution in [2.24, 2.45) is 4.99 Å². The van der Waals surface area contributed by atoms with Crippen molar-refractivity contribution in [2.75, 3.05) is 26.7 Å². The fourth-order valence-electron chi connectivity index (χ4n) is 3.61. The van der Waals surface area contributed by atoms with E-state index in [2.05, 4.69) is 57.8 Å². The molecule has 1 aromatic carbocycles. The number of halogens is 1. The normalized spacial score (nSPS) is 16.0. The van der Waals surface area contributed by atoms with Crippen molar-refractivity contribution in [3.05, 3.63) is 59.5 Å². The number of hydrogen-bond acceptors (Lipinski definition) is 3. The molecule has 1 aliphatic heterocycles. The monoisotopic (exact) mass is 482 g/mol. The predicted molar refractivity (Wildman–Crippen MR) is 122 cm³/mol. The van der Waals surface area contributed by atoms with Crippen LogP contribution in [-0.4, -0.2) is 37.5 Å². The van der Waals surface area contributed by atoms with Crippen LogP contribution in [0.3, 0.4) is 0 Å². The highest BCUT2D eigenvalue weighted by Crippen LogP contribution is 2.24. The zero-order chi connectivity index (χ0) is 18.2. The van der Waals surface area contributed by atoms with E-state index < -0.39 is 0 Å². The smallest absolute Gasteiger partial charge is 0.191 e. The number of rotatable bonds is 7. The summed E-state index contributed by atoms with van der Waals surface area (Å²) >= 11 is 0. The van der Waals surface area contributed by atoms with Gasteiger partial charge in [0.2, 0.25) is 0 Å². The second kappa shape index (κ2) is 11.3. The second-order valence-corrected chi connectivity index (χ2v) is 6.70. The quantitative estimate of drug-likeness (QED) is 0.357. The third-order valence-electron chi connectivity index (χ3n) is 5.09. The summed E-state index contributed by atoms with van der Waals surface area (Å²) in [7, 11) is 1.82. The minimum Gasteiger partial charge on any atom is -0.468 e. The molecule has 2 N–H and O–H groups in total. The molecule has 1 aromatic heterocycles. The highest BCUT2D eigenvalue weighted by molar-refractivity contribution is 14.0. The molecular formula is C21H31IN4O. The standard InChI is InChI=1S/C21H30N4O.HI/c1-3-17-9-4-5-10-18(17)15-23-21(22-2)24-16-19(20-11-8-14-26-20)25-12-6-7-13-25;/h4-5,8-11,14,19H,3,6-7,12-13,15-16H2,1-2H3,(H2,22,23,24);1H. The van der Waals surface area contributed by atoms with E-state index in [0.717, 1.165) is 44.3 Å². The summed E-state index contributed by atoms with van der Waals surface area (Å²) in [4.78, 5) is 6.88. The molecule has 0 radical (unpaired) electrons. The molecule has 1 fully saturated rings. The van der Waals surface area contributed by atoms with Crippen LogP contribution in [0.15, 0.2) is 52.1 Å². The summed E-state index contributed by atoms with van der Waals surface area (Å²) in [5.74, 6) is 1.85. The molecule has 27 heavy (non-hydrogen) atoms. The van der Waals surface area contributed by atoms with Gasteiger partial charge in [0.1, 0.15) is 5.76 Å². The second-order valence-electron chi connectivity index (χ2n) is 6.70. The molecular weight excluding hydrogens is 451 g/mol. The summed E-state index contributed by atoms with van der Waals surface area (Å²) < 4.78 is 5.69. The number of nitrogens with one attached hydrogen (secondary N) is 2. The highest BCUT2D eigenvalue weighted by atomic mass is 127. The Balaban J connectivity index is 0.00000261. The molecule has 148 valence electrons. The van der Waals surface area contributed by atoms with Crippen molar-refractivity contribution >= 4 is 29.9 Å². The summed E-state index contributed by atoms with van der Waals surface area (Å²) in [5, 5.41) is 6.92. The van der Waals surface area contributed by atoms with Gasteiger partial charge in [-0.05, 0) is 55.6 Å². The average molecular weight is 482 g/mol. The molecule has 1 saturated heterocycles. The van der Waals surface area contributed by atoms with Crippen LogP contribution in [0, 0.1) is 0 Å². The van der Waals surface area contributed by atoms with Gasteiger partial charge in [-0.15, -0.1) is 24.0 Å². The number of aliphatic imine (C=N–C) groups is 1. The Morgan fingerprint density at radius 3 is 2.48 bits per heavy atom. The number of nitrogens with zero attached hydrogens (tertiary/aromatic N) is 2. The molecule has 2 aromatic rings. The summed E-state index contributed by atoms with van der Waals surface area (Å²) in [6.45, 7) is 6.00. The Morgan fingerprint density at radius 1 is 1.11 bits per heavy atom. The van der Waals surface area contributed by atoms with Crippen LogP contribution >= 0.6 is 24.0 Å². The van der Waals surface area contributed by atoms with E-state index in [0.29, 0.717) is 0 Å². The third-order valence-corrected chi connectivity index (χ3v) is 5.09. The molecule has 3 rings (SSSR count). The van der Waals surface area contributed by atoms with Crippen LogP contribution in [0.25, 0.3) is 0 Å². The molecule has 0 aliphatic carbocycles. The van der Waals surface area contributed by atoms with Crippen molar-refractivity contribution in [1.29, 1.82) is 0 Å². The van der Waals surface area contributed by atoms with Gasteiger partial charge in [-0.2, -0.15) is 0 Å². The van der Waals surface area contributed by atoms with E-state index in [-0.39, 0.29) is 30.0 Å². The molecule has 1 unspecified atom stereocenters. The van der Waals surface area contributed by atoms with Crippen LogP contribution in [0.5, 0.6) is 0 Å². The lowest BCUT2D eigenvalue weighted by Crippen LogP contribution is -2.42. The first-order chi connectivity index (χ1) is 12.8. The van der Waals surface area contributed by atoms with E-state index in [4.69, 9.17) is 4.42 Å².